The second kappa shape index (κ2) is 10.6. The predicted molar refractivity (Wildman–Crippen MR) is 151 cm³/mol. The molecule has 10 nitrogen and oxygen atoms in total. The van der Waals surface area contributed by atoms with Gasteiger partial charge in [-0.1, -0.05) is 59.0 Å². The molecule has 0 saturated carbocycles. The number of furan rings is 1. The number of carbonyl (C=O) groups is 2. The molecule has 0 bridgehead atoms. The molecule has 0 aliphatic carbocycles. The third-order valence-corrected chi connectivity index (χ3v) is 7.40. The molecule has 0 saturated heterocycles. The average molecular weight is 554 g/mol. The van der Waals surface area contributed by atoms with Crippen LogP contribution in [0.4, 0.5) is 5.13 Å². The number of anilines is 1. The predicted octanol–water partition coefficient (Wildman–Crippen LogP) is 6.18. The average Bonchev–Trinajstić information content (AvgIpc) is 3.67. The number of phenols is 1. The van der Waals surface area contributed by atoms with Gasteiger partial charge in [-0.15, -0.1) is 5.10 Å². The summed E-state index contributed by atoms with van der Waals surface area (Å²) in [5.41, 5.74) is 2.84. The third-order valence-electron chi connectivity index (χ3n) is 6.45. The molecule has 11 heteroatoms. The molecule has 6 aromatic rings. The number of aromatic hydroxyl groups is 1. The van der Waals surface area contributed by atoms with E-state index in [1.807, 2.05) is 54.6 Å². The molecular weight excluding hydrogens is 530 g/mol. The summed E-state index contributed by atoms with van der Waals surface area (Å²) in [6.07, 6.45) is 3.47. The minimum absolute atomic E-state index is 0.0896. The number of fused-ring (bicyclic) bond motifs is 2. The van der Waals surface area contributed by atoms with E-state index in [4.69, 9.17) is 4.42 Å². The van der Waals surface area contributed by atoms with Gasteiger partial charge < -0.3 is 19.9 Å². The van der Waals surface area contributed by atoms with E-state index in [-0.39, 0.29) is 17.2 Å². The first-order valence-electron chi connectivity index (χ1n) is 12.6. The van der Waals surface area contributed by atoms with Gasteiger partial charge in [0.2, 0.25) is 5.91 Å². The van der Waals surface area contributed by atoms with Crippen LogP contribution in [0, 0.1) is 0 Å². The molecule has 3 N–H and O–H groups in total. The Labute approximate surface area is 231 Å². The van der Waals surface area contributed by atoms with Crippen LogP contribution in [-0.2, 0) is 11.3 Å². The summed E-state index contributed by atoms with van der Waals surface area (Å²) in [5, 5.41) is 32.3. The van der Waals surface area contributed by atoms with Gasteiger partial charge in [-0.25, -0.2) is 9.78 Å². The van der Waals surface area contributed by atoms with Crippen molar-refractivity contribution in [1.82, 2.24) is 20.0 Å². The number of carboxylic acid groups (broad SMARTS) is 1. The number of aromatic nitrogens is 4. The SMILES string of the molecule is O=C(CCCCn1cc(-c2c(-c3ccccc3)oc3cc(O)c(C(=O)O)cc23)nn1)Nc1nc2ccccc2s1. The Morgan fingerprint density at radius 2 is 1.82 bits per heavy atom. The van der Waals surface area contributed by atoms with Crippen LogP contribution in [0.15, 0.2) is 77.3 Å². The van der Waals surface area contributed by atoms with Crippen LogP contribution in [0.2, 0.25) is 0 Å². The standard InChI is InChI=1S/C29H23N5O5S/c35-22-15-23-19(14-18(22)28(37)38)26(27(39-23)17-8-2-1-3-9-17)21-16-34(33-32-21)13-7-6-12-25(36)31-29-30-20-10-4-5-11-24(20)40-29/h1-5,8-11,14-16,35H,6-7,12-13H2,(H,37,38)(H,30,31,36). The van der Waals surface area contributed by atoms with Crippen LogP contribution in [0.1, 0.15) is 29.6 Å². The molecule has 0 aliphatic heterocycles. The molecule has 6 rings (SSSR count). The Bertz CT molecular complexity index is 1820. The molecule has 3 aromatic heterocycles. The number of nitrogens with one attached hydrogen (secondary N) is 1. The Kier molecular flexibility index (Phi) is 6.71. The van der Waals surface area contributed by atoms with Crippen LogP contribution in [0.3, 0.4) is 0 Å². The second-order valence-electron chi connectivity index (χ2n) is 9.20. The molecule has 1 amide bonds. The third kappa shape index (κ3) is 5.02. The zero-order valence-electron chi connectivity index (χ0n) is 21.1. The van der Waals surface area contributed by atoms with Gasteiger partial charge in [0.1, 0.15) is 28.4 Å². The van der Waals surface area contributed by atoms with Gasteiger partial charge in [0.15, 0.2) is 5.13 Å². The maximum absolute atomic E-state index is 12.4. The highest BCUT2D eigenvalue weighted by Gasteiger charge is 2.23. The van der Waals surface area contributed by atoms with E-state index in [1.54, 1.807) is 10.9 Å². The van der Waals surface area contributed by atoms with Crippen molar-refractivity contribution >= 4 is 49.5 Å². The first kappa shape index (κ1) is 25.3. The fourth-order valence-electron chi connectivity index (χ4n) is 4.54. The van der Waals surface area contributed by atoms with Gasteiger partial charge in [0, 0.05) is 30.0 Å². The van der Waals surface area contributed by atoms with Crippen molar-refractivity contribution in [3.63, 3.8) is 0 Å². The number of thiazole rings is 1. The molecule has 0 spiro atoms. The molecular formula is C29H23N5O5S. The zero-order valence-corrected chi connectivity index (χ0v) is 21.9. The van der Waals surface area contributed by atoms with Gasteiger partial charge in [0.05, 0.1) is 22.0 Å². The summed E-state index contributed by atoms with van der Waals surface area (Å²) in [5.74, 6) is -1.22. The van der Waals surface area contributed by atoms with Crippen LogP contribution in [0.5, 0.6) is 5.75 Å². The van der Waals surface area contributed by atoms with Crippen molar-refractivity contribution in [3.05, 3.63) is 78.5 Å². The van der Waals surface area contributed by atoms with Crippen molar-refractivity contribution < 1.29 is 24.2 Å². The van der Waals surface area contributed by atoms with Crippen molar-refractivity contribution in [2.75, 3.05) is 5.32 Å². The smallest absolute Gasteiger partial charge is 0.339 e. The lowest BCUT2D eigenvalue weighted by molar-refractivity contribution is -0.116. The fraction of sp³-hybridized carbons (Fsp3) is 0.138. The van der Waals surface area contributed by atoms with E-state index in [0.717, 1.165) is 15.8 Å². The summed E-state index contributed by atoms with van der Waals surface area (Å²) in [4.78, 5) is 28.5. The molecule has 0 unspecified atom stereocenters. The summed E-state index contributed by atoms with van der Waals surface area (Å²) in [6, 6.07) is 19.8. The molecule has 3 aromatic carbocycles. The largest absolute Gasteiger partial charge is 0.507 e. The number of aryl methyl sites for hydroxylation is 1. The number of carboxylic acids is 1. The van der Waals surface area contributed by atoms with E-state index in [0.29, 0.717) is 58.9 Å². The van der Waals surface area contributed by atoms with Crippen molar-refractivity contribution in [2.24, 2.45) is 0 Å². The molecule has 3 heterocycles. The number of carbonyl (C=O) groups excluding carboxylic acids is 1. The summed E-state index contributed by atoms with van der Waals surface area (Å²) in [7, 11) is 0. The number of amides is 1. The maximum Gasteiger partial charge on any atom is 0.339 e. The van der Waals surface area contributed by atoms with Gasteiger partial charge in [0.25, 0.3) is 0 Å². The summed E-state index contributed by atoms with van der Waals surface area (Å²) in [6.45, 7) is 0.541. The Morgan fingerprint density at radius 1 is 1.02 bits per heavy atom. The van der Waals surface area contributed by atoms with E-state index < -0.39 is 5.97 Å². The highest BCUT2D eigenvalue weighted by atomic mass is 32.1. The number of rotatable bonds is 9. The first-order chi connectivity index (χ1) is 19.5. The van der Waals surface area contributed by atoms with E-state index in [2.05, 4.69) is 20.6 Å². The van der Waals surface area contributed by atoms with Crippen molar-refractivity contribution in [1.29, 1.82) is 0 Å². The van der Waals surface area contributed by atoms with Gasteiger partial charge >= 0.3 is 5.97 Å². The molecule has 0 aliphatic rings. The quantitative estimate of drug-likeness (QED) is 0.180. The number of aromatic carboxylic acids is 1. The fourth-order valence-corrected chi connectivity index (χ4v) is 5.42. The number of hydrogen-bond acceptors (Lipinski definition) is 8. The van der Waals surface area contributed by atoms with Crippen LogP contribution >= 0.6 is 11.3 Å². The zero-order chi connectivity index (χ0) is 27.6. The van der Waals surface area contributed by atoms with E-state index in [9.17, 15) is 19.8 Å². The number of nitrogens with zero attached hydrogens (tertiary/aromatic N) is 4. The highest BCUT2D eigenvalue weighted by molar-refractivity contribution is 7.22. The minimum Gasteiger partial charge on any atom is -0.507 e. The Morgan fingerprint density at radius 3 is 2.62 bits per heavy atom. The highest BCUT2D eigenvalue weighted by Crippen LogP contribution is 2.42. The second-order valence-corrected chi connectivity index (χ2v) is 10.2. The van der Waals surface area contributed by atoms with E-state index >= 15 is 0 Å². The summed E-state index contributed by atoms with van der Waals surface area (Å²) >= 11 is 1.45. The number of benzene rings is 3. The van der Waals surface area contributed by atoms with Crippen LogP contribution < -0.4 is 5.32 Å². The number of para-hydroxylation sites is 1. The van der Waals surface area contributed by atoms with Crippen molar-refractivity contribution in [3.8, 4) is 28.3 Å². The topological polar surface area (TPSA) is 143 Å². The monoisotopic (exact) mass is 553 g/mol. The van der Waals surface area contributed by atoms with Crippen LogP contribution in [0.25, 0.3) is 43.8 Å². The number of unbranched alkanes of at least 4 members (excludes halogenated alkanes) is 1. The number of hydrogen-bond donors (Lipinski definition) is 3. The van der Waals surface area contributed by atoms with Gasteiger partial charge in [-0.2, -0.15) is 0 Å². The maximum atomic E-state index is 12.4. The van der Waals surface area contributed by atoms with Gasteiger partial charge in [-0.3, -0.25) is 9.48 Å². The minimum atomic E-state index is -1.25. The molecule has 0 fully saturated rings. The molecule has 200 valence electrons. The lowest BCUT2D eigenvalue weighted by Gasteiger charge is -2.03. The van der Waals surface area contributed by atoms with Crippen LogP contribution in [-0.4, -0.2) is 42.1 Å². The molecule has 0 radical (unpaired) electrons. The lowest BCUT2D eigenvalue weighted by Crippen LogP contribution is -2.11. The lowest BCUT2D eigenvalue weighted by atomic mass is 10.0. The Hall–Kier alpha value is -5.03. The first-order valence-corrected chi connectivity index (χ1v) is 13.4. The molecule has 40 heavy (non-hydrogen) atoms. The Balaban J connectivity index is 1.17. The van der Waals surface area contributed by atoms with E-state index in [1.165, 1.54) is 23.5 Å². The molecule has 0 atom stereocenters. The van der Waals surface area contributed by atoms with Gasteiger partial charge in [-0.05, 0) is 31.0 Å². The summed E-state index contributed by atoms with van der Waals surface area (Å²) < 4.78 is 8.79. The normalized spacial score (nSPS) is 11.3. The van der Waals surface area contributed by atoms with Crippen molar-refractivity contribution in [2.45, 2.75) is 25.8 Å².